The van der Waals surface area contributed by atoms with Crippen molar-refractivity contribution < 1.29 is 0 Å². The molecule has 0 unspecified atom stereocenters. The van der Waals surface area contributed by atoms with E-state index in [9.17, 15) is 0 Å². The third-order valence-corrected chi connectivity index (χ3v) is 23.0. The van der Waals surface area contributed by atoms with E-state index in [1.807, 2.05) is 0 Å². The van der Waals surface area contributed by atoms with Crippen LogP contribution < -0.4 is 17.7 Å². The molecule has 0 fully saturated rings. The van der Waals surface area contributed by atoms with Crippen LogP contribution in [0.15, 0.2) is 200 Å². The molecule has 2 aromatic heterocycles. The van der Waals surface area contributed by atoms with E-state index in [1.54, 1.807) is 0 Å². The van der Waals surface area contributed by atoms with Gasteiger partial charge in [0.2, 0.25) is 0 Å². The molecule has 4 heteroatoms. The average Bonchev–Trinajstić information content (AvgIpc) is 3.88. The van der Waals surface area contributed by atoms with Crippen LogP contribution in [-0.2, 0) is 5.41 Å². The fourth-order valence-electron chi connectivity index (χ4n) is 10.6. The number of rotatable bonds is 5. The minimum absolute atomic E-state index is 0.161. The first-order valence-corrected chi connectivity index (χ1v) is 24.7. The number of nitrogens with zero attached hydrogens (tertiary/aromatic N) is 3. The van der Waals surface area contributed by atoms with Gasteiger partial charge in [0.1, 0.15) is 0 Å². The molecule has 0 saturated carbocycles. The summed E-state index contributed by atoms with van der Waals surface area (Å²) in [4.78, 5) is 11.4. The first-order valence-electron chi connectivity index (χ1n) is 20.5. The molecule has 3 heterocycles. The summed E-state index contributed by atoms with van der Waals surface area (Å²) in [6, 6.07) is 73.6. The van der Waals surface area contributed by atoms with Crippen LogP contribution in [0.2, 0.25) is 0 Å². The van der Waals surface area contributed by atoms with Crippen molar-refractivity contribution in [2.75, 3.05) is 0 Å². The number of aromatic nitrogens is 3. The zero-order valence-corrected chi connectivity index (χ0v) is 35.0. The summed E-state index contributed by atoms with van der Waals surface area (Å²) in [5.41, 5.74) is 14.2. The number of benzene rings is 8. The van der Waals surface area contributed by atoms with Gasteiger partial charge < -0.3 is 0 Å². The second-order valence-corrected chi connectivity index (χ2v) is 24.1. The fraction of sp³-hybridized carbons (Fsp3) is 0.0545. The predicted molar refractivity (Wildman–Crippen MR) is 247 cm³/mol. The summed E-state index contributed by atoms with van der Waals surface area (Å²) in [6.45, 7) is 4.78. The zero-order chi connectivity index (χ0) is 39.3. The second kappa shape index (κ2) is 12.8. The van der Waals surface area contributed by atoms with Gasteiger partial charge in [-0.2, -0.15) is 0 Å². The van der Waals surface area contributed by atoms with E-state index in [2.05, 4.69) is 219 Å². The quantitative estimate of drug-likeness (QED) is 0.162. The third-order valence-electron chi connectivity index (χ3n) is 13.1. The number of hydrogen-bond donors (Lipinski definition) is 0. The number of hydrogen-bond acceptors (Lipinski definition) is 2. The molecular weight excluding hydrogens is 775 g/mol. The zero-order valence-electron chi connectivity index (χ0n) is 32.9. The molecule has 1 aliphatic heterocycles. The summed E-state index contributed by atoms with van der Waals surface area (Å²) in [7, 11) is 0. The summed E-state index contributed by atoms with van der Waals surface area (Å²) >= 11 is -3.73. The van der Waals surface area contributed by atoms with E-state index in [4.69, 9.17) is 9.97 Å². The van der Waals surface area contributed by atoms with Gasteiger partial charge in [0, 0.05) is 0 Å². The molecule has 59 heavy (non-hydrogen) atoms. The van der Waals surface area contributed by atoms with E-state index < -0.39 is 13.3 Å². The molecule has 12 rings (SSSR count). The van der Waals surface area contributed by atoms with E-state index in [-0.39, 0.29) is 5.41 Å². The molecule has 0 N–H and O–H groups in total. The molecule has 2 aliphatic rings. The molecule has 1 aliphatic carbocycles. The molecular formula is C55H39GeN3. The van der Waals surface area contributed by atoms with Crippen LogP contribution in [0.1, 0.15) is 25.0 Å². The Balaban J connectivity index is 1.21. The van der Waals surface area contributed by atoms with Gasteiger partial charge in [0.15, 0.2) is 0 Å². The van der Waals surface area contributed by atoms with Crippen molar-refractivity contribution in [3.05, 3.63) is 211 Å². The summed E-state index contributed by atoms with van der Waals surface area (Å²) in [5.74, 6) is 0.753. The summed E-state index contributed by atoms with van der Waals surface area (Å²) < 4.78 is 7.80. The number of fused-ring (bicyclic) bond motifs is 10. The van der Waals surface area contributed by atoms with Gasteiger partial charge in [-0.15, -0.1) is 0 Å². The van der Waals surface area contributed by atoms with Crippen molar-refractivity contribution in [3.8, 4) is 50.6 Å². The fourth-order valence-corrected chi connectivity index (χ4v) is 21.1. The van der Waals surface area contributed by atoms with Crippen molar-refractivity contribution in [1.29, 1.82) is 0 Å². The molecule has 0 amide bonds. The Morgan fingerprint density at radius 1 is 0.475 bits per heavy atom. The molecule has 0 radical (unpaired) electrons. The van der Waals surface area contributed by atoms with Crippen LogP contribution in [0, 0.1) is 0 Å². The minimum atomic E-state index is -3.73. The molecule has 0 spiro atoms. The number of para-hydroxylation sites is 2. The van der Waals surface area contributed by atoms with Gasteiger partial charge in [-0.3, -0.25) is 0 Å². The Bertz CT molecular complexity index is 3250. The Kier molecular flexibility index (Phi) is 7.45. The summed E-state index contributed by atoms with van der Waals surface area (Å²) in [6.07, 6.45) is 0. The molecule has 0 saturated heterocycles. The van der Waals surface area contributed by atoms with Gasteiger partial charge in [0.25, 0.3) is 0 Å². The van der Waals surface area contributed by atoms with Crippen molar-refractivity contribution in [2.45, 2.75) is 19.3 Å². The van der Waals surface area contributed by atoms with Crippen LogP contribution in [0.4, 0.5) is 0 Å². The maximum atomic E-state index is 5.76. The van der Waals surface area contributed by atoms with Gasteiger partial charge in [-0.05, 0) is 0 Å². The third kappa shape index (κ3) is 4.71. The Labute approximate surface area is 346 Å². The SMILES string of the molecule is CC1(C)c2ccccc2-c2ccc3c(c21)c1ccccc1n3-c1ccccc1-c1nc(-c2ccccc2)n[c]2c1-c1cccc[c]1[Ge]2([c]1ccccc1)[c]1ccccc1. The first kappa shape index (κ1) is 34.2. The molecule has 10 aromatic rings. The Hall–Kier alpha value is -6.82. The monoisotopic (exact) mass is 815 g/mol. The van der Waals surface area contributed by atoms with Crippen LogP contribution in [0.3, 0.4) is 0 Å². The van der Waals surface area contributed by atoms with Crippen molar-refractivity contribution in [1.82, 2.24) is 14.5 Å². The topological polar surface area (TPSA) is 30.7 Å². The van der Waals surface area contributed by atoms with Crippen LogP contribution >= 0.6 is 0 Å². The average molecular weight is 815 g/mol. The molecule has 8 aromatic carbocycles. The van der Waals surface area contributed by atoms with Gasteiger partial charge in [0.05, 0.1) is 0 Å². The van der Waals surface area contributed by atoms with Crippen molar-refractivity contribution in [2.24, 2.45) is 0 Å². The Morgan fingerprint density at radius 3 is 1.81 bits per heavy atom. The predicted octanol–water partition coefficient (Wildman–Crippen LogP) is 10.6. The van der Waals surface area contributed by atoms with E-state index in [1.165, 1.54) is 67.3 Å². The van der Waals surface area contributed by atoms with Crippen LogP contribution in [0.25, 0.3) is 72.4 Å². The Morgan fingerprint density at radius 2 is 1.07 bits per heavy atom. The maximum absolute atomic E-state index is 5.76. The first-order chi connectivity index (χ1) is 29.1. The second-order valence-electron chi connectivity index (χ2n) is 16.4. The van der Waals surface area contributed by atoms with E-state index in [0.29, 0.717) is 0 Å². The van der Waals surface area contributed by atoms with Crippen molar-refractivity contribution >= 4 is 52.8 Å². The van der Waals surface area contributed by atoms with Gasteiger partial charge >= 0.3 is 336 Å². The van der Waals surface area contributed by atoms with Crippen molar-refractivity contribution in [3.63, 3.8) is 0 Å². The standard InChI is InChI=1S/C55H39GeN3/c1-55(2)44-30-16-12-26-39(44)40-34-35-48-49(51(40)55)42-28-14-18-32-46(42)59(48)47-33-19-15-29-43(47)52-50-41-27-13-17-31-45(41)56(37-22-8-4-9-23-37,38-24-10-5-11-25-38)53(50)58-54(57-52)36-20-6-3-7-21-36/h3-35H,1-2H3. The van der Waals surface area contributed by atoms with E-state index >= 15 is 0 Å². The molecule has 278 valence electrons. The van der Waals surface area contributed by atoms with Crippen LogP contribution in [0.5, 0.6) is 0 Å². The van der Waals surface area contributed by atoms with Gasteiger partial charge in [-0.1, -0.05) is 12.1 Å². The molecule has 3 nitrogen and oxygen atoms in total. The molecule has 0 atom stereocenters. The summed E-state index contributed by atoms with van der Waals surface area (Å²) in [5, 5.41) is 2.58. The normalized spacial score (nSPS) is 14.2. The van der Waals surface area contributed by atoms with E-state index in [0.717, 1.165) is 33.9 Å². The van der Waals surface area contributed by atoms with Gasteiger partial charge in [-0.25, -0.2) is 0 Å². The molecule has 0 bridgehead atoms. The van der Waals surface area contributed by atoms with Crippen LogP contribution in [-0.4, -0.2) is 27.8 Å².